The van der Waals surface area contributed by atoms with Crippen molar-refractivity contribution >= 4 is 23.5 Å². The molecule has 0 spiro atoms. The lowest BCUT2D eigenvalue weighted by molar-refractivity contribution is 0.0599. The first-order valence-electron chi connectivity index (χ1n) is 11.1. The standard InChI is InChI=1S/C26H27N5O3S/c1-14-7-8-20(13-15(14)2)31-24(19-9-11-27-12-10-19)29-30-26(31)35-18(5)23(32)22-16(3)21(17(4)28-22)25(33)34-6/h7-13,18,28H,1-6H3. The van der Waals surface area contributed by atoms with Gasteiger partial charge in [-0.15, -0.1) is 10.2 Å². The van der Waals surface area contributed by atoms with E-state index in [0.717, 1.165) is 16.8 Å². The molecule has 0 radical (unpaired) electrons. The molecule has 0 bridgehead atoms. The van der Waals surface area contributed by atoms with Crippen molar-refractivity contribution in [2.75, 3.05) is 7.11 Å². The fourth-order valence-electron chi connectivity index (χ4n) is 3.95. The summed E-state index contributed by atoms with van der Waals surface area (Å²) in [6.45, 7) is 9.45. The number of nitrogens with one attached hydrogen (secondary N) is 1. The zero-order valence-electron chi connectivity index (χ0n) is 20.5. The molecule has 1 unspecified atom stereocenters. The first-order chi connectivity index (χ1) is 16.7. The van der Waals surface area contributed by atoms with Crippen LogP contribution < -0.4 is 0 Å². The molecule has 4 rings (SSSR count). The fraction of sp³-hybridized carbons (Fsp3) is 0.269. The van der Waals surface area contributed by atoms with E-state index in [-0.39, 0.29) is 5.78 Å². The second-order valence-electron chi connectivity index (χ2n) is 8.39. The number of thioether (sulfide) groups is 1. The van der Waals surface area contributed by atoms with Crippen LogP contribution in [0, 0.1) is 27.7 Å². The number of benzene rings is 1. The zero-order chi connectivity index (χ0) is 25.3. The molecule has 9 heteroatoms. The van der Waals surface area contributed by atoms with Crippen molar-refractivity contribution < 1.29 is 14.3 Å². The molecule has 35 heavy (non-hydrogen) atoms. The van der Waals surface area contributed by atoms with E-state index in [0.29, 0.717) is 33.5 Å². The predicted octanol–water partition coefficient (Wildman–Crippen LogP) is 5.04. The highest BCUT2D eigenvalue weighted by atomic mass is 32.2. The Balaban J connectivity index is 1.73. The molecule has 0 saturated heterocycles. The van der Waals surface area contributed by atoms with Gasteiger partial charge in [0.1, 0.15) is 0 Å². The average molecular weight is 490 g/mol. The van der Waals surface area contributed by atoms with Crippen LogP contribution in [0.15, 0.2) is 47.9 Å². The number of carbonyl (C=O) groups excluding carboxylic acids is 2. The van der Waals surface area contributed by atoms with E-state index in [2.05, 4.69) is 46.1 Å². The largest absolute Gasteiger partial charge is 0.465 e. The number of carbonyl (C=O) groups is 2. The minimum absolute atomic E-state index is 0.133. The van der Waals surface area contributed by atoms with Gasteiger partial charge in [-0.3, -0.25) is 14.3 Å². The topological polar surface area (TPSA) is 103 Å². The van der Waals surface area contributed by atoms with Crippen molar-refractivity contribution in [3.63, 3.8) is 0 Å². The lowest BCUT2D eigenvalue weighted by Crippen LogP contribution is -2.16. The van der Waals surface area contributed by atoms with Crippen molar-refractivity contribution in [1.82, 2.24) is 24.7 Å². The number of hydrogen-bond donors (Lipinski definition) is 1. The number of Topliss-reactive ketones (excluding diaryl/α,β-unsaturated/α-hetero) is 1. The highest BCUT2D eigenvalue weighted by Gasteiger charge is 2.28. The molecule has 3 aromatic heterocycles. The van der Waals surface area contributed by atoms with Crippen LogP contribution in [0.25, 0.3) is 17.1 Å². The minimum Gasteiger partial charge on any atom is -0.465 e. The quantitative estimate of drug-likeness (QED) is 0.220. The van der Waals surface area contributed by atoms with Gasteiger partial charge in [0.2, 0.25) is 0 Å². The van der Waals surface area contributed by atoms with E-state index < -0.39 is 11.2 Å². The summed E-state index contributed by atoms with van der Waals surface area (Å²) in [6.07, 6.45) is 3.42. The van der Waals surface area contributed by atoms with E-state index in [1.807, 2.05) is 29.7 Å². The molecule has 180 valence electrons. The molecule has 4 aromatic rings. The molecule has 1 N–H and O–H groups in total. The number of nitrogens with zero attached hydrogens (tertiary/aromatic N) is 4. The van der Waals surface area contributed by atoms with Crippen molar-refractivity contribution in [2.45, 2.75) is 45.0 Å². The van der Waals surface area contributed by atoms with Gasteiger partial charge in [-0.05, 0) is 75.6 Å². The number of aryl methyl sites for hydroxylation is 3. The Morgan fingerprint density at radius 1 is 1.03 bits per heavy atom. The highest BCUT2D eigenvalue weighted by Crippen LogP contribution is 2.32. The molecule has 8 nitrogen and oxygen atoms in total. The summed E-state index contributed by atoms with van der Waals surface area (Å²) in [5.74, 6) is 0.0654. The van der Waals surface area contributed by atoms with Crippen LogP contribution >= 0.6 is 11.8 Å². The smallest absolute Gasteiger partial charge is 0.339 e. The number of ketones is 1. The predicted molar refractivity (Wildman–Crippen MR) is 135 cm³/mol. The number of methoxy groups -OCH3 is 1. The van der Waals surface area contributed by atoms with Gasteiger partial charge in [-0.2, -0.15) is 0 Å². The summed E-state index contributed by atoms with van der Waals surface area (Å²) < 4.78 is 6.83. The number of aromatic amines is 1. The first kappa shape index (κ1) is 24.4. The number of esters is 1. The van der Waals surface area contributed by atoms with Crippen molar-refractivity contribution in [3.05, 3.63) is 76.4 Å². The molecule has 0 amide bonds. The maximum Gasteiger partial charge on any atom is 0.339 e. The monoisotopic (exact) mass is 489 g/mol. The van der Waals surface area contributed by atoms with E-state index >= 15 is 0 Å². The molecule has 0 aliphatic rings. The number of H-pyrrole nitrogens is 1. The van der Waals surface area contributed by atoms with Crippen LogP contribution in [-0.2, 0) is 4.74 Å². The molecule has 0 saturated carbocycles. The molecule has 3 heterocycles. The lowest BCUT2D eigenvalue weighted by Gasteiger charge is -2.14. The summed E-state index contributed by atoms with van der Waals surface area (Å²) >= 11 is 1.32. The number of hydrogen-bond acceptors (Lipinski definition) is 7. The van der Waals surface area contributed by atoms with Gasteiger partial charge >= 0.3 is 5.97 Å². The van der Waals surface area contributed by atoms with Gasteiger partial charge in [0, 0.05) is 23.7 Å². The number of ether oxygens (including phenoxy) is 1. The van der Waals surface area contributed by atoms with Crippen molar-refractivity contribution in [2.24, 2.45) is 0 Å². The van der Waals surface area contributed by atoms with Gasteiger partial charge in [-0.25, -0.2) is 4.79 Å². The number of aromatic nitrogens is 5. The molecule has 0 fully saturated rings. The second-order valence-corrected chi connectivity index (χ2v) is 9.69. The molecule has 0 aliphatic carbocycles. The van der Waals surface area contributed by atoms with Crippen LogP contribution in [0.3, 0.4) is 0 Å². The minimum atomic E-state index is -0.489. The average Bonchev–Trinajstić information content (AvgIpc) is 3.40. The van der Waals surface area contributed by atoms with Crippen molar-refractivity contribution in [3.8, 4) is 17.1 Å². The Labute approximate surface area is 208 Å². The normalized spacial score (nSPS) is 11.9. The van der Waals surface area contributed by atoms with E-state index in [1.54, 1.807) is 26.2 Å². The summed E-state index contributed by atoms with van der Waals surface area (Å²) in [7, 11) is 1.33. The van der Waals surface area contributed by atoms with E-state index in [1.165, 1.54) is 24.4 Å². The third kappa shape index (κ3) is 4.64. The Hall–Kier alpha value is -3.72. The summed E-state index contributed by atoms with van der Waals surface area (Å²) in [5.41, 5.74) is 6.09. The molecule has 0 aliphatic heterocycles. The second kappa shape index (κ2) is 9.87. The Kier molecular flexibility index (Phi) is 6.88. The molecular formula is C26H27N5O3S. The van der Waals surface area contributed by atoms with Gasteiger partial charge in [0.05, 0.1) is 29.3 Å². The lowest BCUT2D eigenvalue weighted by atomic mass is 10.1. The van der Waals surface area contributed by atoms with Crippen LogP contribution in [0.1, 0.15) is 50.2 Å². The van der Waals surface area contributed by atoms with Crippen LogP contribution in [0.5, 0.6) is 0 Å². The third-order valence-corrected chi connectivity index (χ3v) is 7.09. The van der Waals surface area contributed by atoms with Gasteiger partial charge < -0.3 is 9.72 Å². The van der Waals surface area contributed by atoms with Crippen LogP contribution in [0.4, 0.5) is 0 Å². The first-order valence-corrected chi connectivity index (χ1v) is 12.0. The number of rotatable bonds is 7. The maximum absolute atomic E-state index is 13.4. The van der Waals surface area contributed by atoms with Crippen molar-refractivity contribution in [1.29, 1.82) is 0 Å². The third-order valence-electron chi connectivity index (χ3n) is 6.05. The molecule has 1 aromatic carbocycles. The van der Waals surface area contributed by atoms with Crippen LogP contribution in [0.2, 0.25) is 0 Å². The summed E-state index contributed by atoms with van der Waals surface area (Å²) in [4.78, 5) is 32.7. The number of pyridine rings is 1. The van der Waals surface area contributed by atoms with Gasteiger partial charge in [-0.1, -0.05) is 17.8 Å². The SMILES string of the molecule is COC(=O)c1c(C)[nH]c(C(=O)C(C)Sc2nnc(-c3ccncc3)n2-c2ccc(C)c(C)c2)c1C. The summed E-state index contributed by atoms with van der Waals surface area (Å²) in [5, 5.41) is 9.00. The van der Waals surface area contributed by atoms with Crippen LogP contribution in [-0.4, -0.2) is 48.8 Å². The summed E-state index contributed by atoms with van der Waals surface area (Å²) in [6, 6.07) is 9.92. The maximum atomic E-state index is 13.4. The molecule has 1 atom stereocenters. The Bertz CT molecular complexity index is 1410. The Morgan fingerprint density at radius 3 is 2.40 bits per heavy atom. The van der Waals surface area contributed by atoms with E-state index in [9.17, 15) is 9.59 Å². The van der Waals surface area contributed by atoms with Gasteiger partial charge in [0.15, 0.2) is 16.8 Å². The Morgan fingerprint density at radius 2 is 1.74 bits per heavy atom. The van der Waals surface area contributed by atoms with E-state index in [4.69, 9.17) is 4.74 Å². The molecular weight excluding hydrogens is 462 g/mol. The van der Waals surface area contributed by atoms with Gasteiger partial charge in [0.25, 0.3) is 0 Å². The highest BCUT2D eigenvalue weighted by molar-refractivity contribution is 8.00. The zero-order valence-corrected chi connectivity index (χ0v) is 21.4. The fourth-order valence-corrected chi connectivity index (χ4v) is 4.88.